The van der Waals surface area contributed by atoms with Crippen LogP contribution in [-0.2, 0) is 4.79 Å². The molecule has 0 aromatic heterocycles. The molecule has 0 aromatic carbocycles. The highest BCUT2D eigenvalue weighted by Crippen LogP contribution is 2.31. The van der Waals surface area contributed by atoms with E-state index in [1.807, 2.05) is 11.8 Å². The molecule has 18 heavy (non-hydrogen) atoms. The number of hydrogen-bond donors (Lipinski definition) is 1. The molecule has 0 bridgehead atoms. The third-order valence-electron chi connectivity index (χ3n) is 3.48. The van der Waals surface area contributed by atoms with Gasteiger partial charge in [-0.15, -0.1) is 0 Å². The Labute approximate surface area is 112 Å². The van der Waals surface area contributed by atoms with E-state index in [-0.39, 0.29) is 10.8 Å². The first-order valence-electron chi connectivity index (χ1n) is 6.33. The van der Waals surface area contributed by atoms with Crippen molar-refractivity contribution < 1.29 is 14.7 Å². The highest BCUT2D eigenvalue weighted by molar-refractivity contribution is 8.00. The molecule has 0 saturated carbocycles. The van der Waals surface area contributed by atoms with Crippen LogP contribution in [0.3, 0.4) is 0 Å². The van der Waals surface area contributed by atoms with Gasteiger partial charge in [-0.25, -0.2) is 9.59 Å². The Morgan fingerprint density at radius 1 is 1.33 bits per heavy atom. The summed E-state index contributed by atoms with van der Waals surface area (Å²) in [5.74, 6) is 0.0381. The minimum atomic E-state index is -0.883. The summed E-state index contributed by atoms with van der Waals surface area (Å²) in [5, 5.41) is 9.12. The average molecular weight is 272 g/mol. The Hall–Kier alpha value is -0.910. The molecule has 102 valence electrons. The molecule has 2 aliphatic heterocycles. The number of carboxylic acid groups (broad SMARTS) is 1. The van der Waals surface area contributed by atoms with Crippen molar-refractivity contribution in [2.24, 2.45) is 0 Å². The van der Waals surface area contributed by atoms with E-state index < -0.39 is 12.0 Å². The van der Waals surface area contributed by atoms with Crippen molar-refractivity contribution in [1.29, 1.82) is 0 Å². The van der Waals surface area contributed by atoms with Crippen LogP contribution in [0.5, 0.6) is 0 Å². The fourth-order valence-corrected chi connectivity index (χ4v) is 3.73. The SMILES string of the molecule is CC1(C)CN(C(=O)N2CCC[C@@H]2C(=O)O)CCS1. The first-order chi connectivity index (χ1) is 8.41. The predicted octanol–water partition coefficient (Wildman–Crippen LogP) is 1.48. The van der Waals surface area contributed by atoms with E-state index in [4.69, 9.17) is 5.11 Å². The topological polar surface area (TPSA) is 60.9 Å². The maximum absolute atomic E-state index is 12.4. The molecule has 2 aliphatic rings. The molecular weight excluding hydrogens is 252 g/mol. The number of rotatable bonds is 1. The zero-order chi connectivity index (χ0) is 13.3. The van der Waals surface area contributed by atoms with E-state index in [9.17, 15) is 9.59 Å². The van der Waals surface area contributed by atoms with Gasteiger partial charge in [0.25, 0.3) is 0 Å². The fourth-order valence-electron chi connectivity index (χ4n) is 2.61. The van der Waals surface area contributed by atoms with Crippen LogP contribution >= 0.6 is 11.8 Å². The third kappa shape index (κ3) is 2.74. The Bertz CT molecular complexity index is 359. The van der Waals surface area contributed by atoms with Crippen molar-refractivity contribution in [2.45, 2.75) is 37.5 Å². The number of carboxylic acids is 1. The van der Waals surface area contributed by atoms with Gasteiger partial charge in [0.2, 0.25) is 0 Å². The monoisotopic (exact) mass is 272 g/mol. The number of urea groups is 1. The summed E-state index contributed by atoms with van der Waals surface area (Å²) in [6.45, 7) is 6.22. The molecule has 1 atom stereocenters. The second kappa shape index (κ2) is 4.99. The van der Waals surface area contributed by atoms with E-state index >= 15 is 0 Å². The number of nitrogens with zero attached hydrogens (tertiary/aromatic N) is 2. The summed E-state index contributed by atoms with van der Waals surface area (Å²) >= 11 is 1.86. The van der Waals surface area contributed by atoms with Crippen molar-refractivity contribution in [2.75, 3.05) is 25.4 Å². The van der Waals surface area contributed by atoms with Crippen LogP contribution in [0.2, 0.25) is 0 Å². The van der Waals surface area contributed by atoms with Crippen molar-refractivity contribution >= 4 is 23.8 Å². The molecule has 0 radical (unpaired) electrons. The molecular formula is C12H20N2O3S. The number of thioether (sulfide) groups is 1. The van der Waals surface area contributed by atoms with Crippen LogP contribution in [0.15, 0.2) is 0 Å². The summed E-state index contributed by atoms with van der Waals surface area (Å²) in [5.41, 5.74) is 0. The first-order valence-corrected chi connectivity index (χ1v) is 7.31. The normalized spacial score (nSPS) is 27.3. The molecule has 2 fully saturated rings. The zero-order valence-corrected chi connectivity index (χ0v) is 11.7. The largest absolute Gasteiger partial charge is 0.480 e. The molecule has 0 unspecified atom stereocenters. The summed E-state index contributed by atoms with van der Waals surface area (Å²) in [6, 6.07) is -0.733. The van der Waals surface area contributed by atoms with E-state index in [0.29, 0.717) is 19.5 Å². The second-order valence-electron chi connectivity index (χ2n) is 5.50. The van der Waals surface area contributed by atoms with Gasteiger partial charge in [0, 0.05) is 30.1 Å². The van der Waals surface area contributed by atoms with Gasteiger partial charge >= 0.3 is 12.0 Å². The van der Waals surface area contributed by atoms with Gasteiger partial charge in [0.05, 0.1) is 0 Å². The van der Waals surface area contributed by atoms with E-state index in [1.54, 1.807) is 4.90 Å². The lowest BCUT2D eigenvalue weighted by Gasteiger charge is -2.39. The standard InChI is InChI=1S/C12H20N2O3S/c1-12(2)8-13(6-7-18-12)11(17)14-5-3-4-9(14)10(15)16/h9H,3-8H2,1-2H3,(H,15,16)/t9-/m1/s1. The highest BCUT2D eigenvalue weighted by Gasteiger charge is 2.38. The Kier molecular flexibility index (Phi) is 3.75. The van der Waals surface area contributed by atoms with E-state index in [2.05, 4.69) is 13.8 Å². The predicted molar refractivity (Wildman–Crippen MR) is 70.9 cm³/mol. The Morgan fingerprint density at radius 2 is 2.06 bits per heavy atom. The van der Waals surface area contributed by atoms with Crippen LogP contribution in [0.25, 0.3) is 0 Å². The molecule has 2 heterocycles. The lowest BCUT2D eigenvalue weighted by atomic mass is 10.2. The first kappa shape index (κ1) is 13.5. The van der Waals surface area contributed by atoms with Crippen LogP contribution in [0, 0.1) is 0 Å². The minimum Gasteiger partial charge on any atom is -0.480 e. The van der Waals surface area contributed by atoms with Crippen molar-refractivity contribution in [3.05, 3.63) is 0 Å². The molecule has 0 aliphatic carbocycles. The minimum absolute atomic E-state index is 0.0619. The molecule has 6 heteroatoms. The van der Waals surface area contributed by atoms with Crippen LogP contribution in [0.1, 0.15) is 26.7 Å². The van der Waals surface area contributed by atoms with Crippen LogP contribution in [0.4, 0.5) is 4.79 Å². The third-order valence-corrected chi connectivity index (χ3v) is 4.78. The second-order valence-corrected chi connectivity index (χ2v) is 7.30. The molecule has 1 N–H and O–H groups in total. The maximum Gasteiger partial charge on any atom is 0.326 e. The van der Waals surface area contributed by atoms with Gasteiger partial charge in [0.15, 0.2) is 0 Å². The highest BCUT2D eigenvalue weighted by atomic mass is 32.2. The van der Waals surface area contributed by atoms with Gasteiger partial charge in [0.1, 0.15) is 6.04 Å². The summed E-state index contributed by atoms with van der Waals surface area (Å²) in [6.07, 6.45) is 1.36. The number of hydrogen-bond acceptors (Lipinski definition) is 3. The van der Waals surface area contributed by atoms with Crippen LogP contribution < -0.4 is 0 Å². The van der Waals surface area contributed by atoms with Crippen molar-refractivity contribution in [3.63, 3.8) is 0 Å². The van der Waals surface area contributed by atoms with Crippen LogP contribution in [-0.4, -0.2) is 63.1 Å². The van der Waals surface area contributed by atoms with Gasteiger partial charge < -0.3 is 14.9 Å². The summed E-state index contributed by atoms with van der Waals surface area (Å²) in [4.78, 5) is 26.8. The lowest BCUT2D eigenvalue weighted by molar-refractivity contribution is -0.141. The average Bonchev–Trinajstić information content (AvgIpc) is 2.75. The number of amides is 2. The molecule has 2 saturated heterocycles. The molecule has 0 spiro atoms. The van der Waals surface area contributed by atoms with Gasteiger partial charge in [-0.05, 0) is 26.7 Å². The number of aliphatic carboxylic acids is 1. The number of likely N-dealkylation sites (tertiary alicyclic amines) is 1. The van der Waals surface area contributed by atoms with Crippen molar-refractivity contribution in [1.82, 2.24) is 9.80 Å². The molecule has 2 rings (SSSR count). The molecule has 2 amide bonds. The summed E-state index contributed by atoms with van der Waals surface area (Å²) in [7, 11) is 0. The van der Waals surface area contributed by atoms with Crippen molar-refractivity contribution in [3.8, 4) is 0 Å². The summed E-state index contributed by atoms with van der Waals surface area (Å²) < 4.78 is 0.0619. The number of carbonyl (C=O) groups is 2. The Morgan fingerprint density at radius 3 is 2.67 bits per heavy atom. The van der Waals surface area contributed by atoms with E-state index in [1.165, 1.54) is 4.90 Å². The fraction of sp³-hybridized carbons (Fsp3) is 0.833. The lowest BCUT2D eigenvalue weighted by Crippen LogP contribution is -2.53. The van der Waals surface area contributed by atoms with Gasteiger partial charge in [-0.1, -0.05) is 0 Å². The van der Waals surface area contributed by atoms with Gasteiger partial charge in [-0.3, -0.25) is 0 Å². The van der Waals surface area contributed by atoms with E-state index in [0.717, 1.165) is 18.7 Å². The Balaban J connectivity index is 2.04. The smallest absolute Gasteiger partial charge is 0.326 e. The maximum atomic E-state index is 12.4. The quantitative estimate of drug-likeness (QED) is 0.785. The number of carbonyl (C=O) groups excluding carboxylic acids is 1. The zero-order valence-electron chi connectivity index (χ0n) is 10.9. The van der Waals surface area contributed by atoms with Gasteiger partial charge in [-0.2, -0.15) is 11.8 Å². The molecule has 5 nitrogen and oxygen atoms in total. The molecule has 0 aromatic rings.